The third kappa shape index (κ3) is 10.2. The van der Waals surface area contributed by atoms with Crippen molar-refractivity contribution in [2.75, 3.05) is 18.5 Å². The van der Waals surface area contributed by atoms with E-state index < -0.39 is 30.2 Å². The van der Waals surface area contributed by atoms with Gasteiger partial charge in [-0.15, -0.1) is 0 Å². The number of Topliss-reactive ketones (excluding diaryl/α,β-unsaturated/α-hetero) is 1. The normalized spacial score (nSPS) is 18.8. The summed E-state index contributed by atoms with van der Waals surface area (Å²) < 4.78 is 16.7. The van der Waals surface area contributed by atoms with Crippen LogP contribution in [0.3, 0.4) is 0 Å². The molecule has 1 amide bonds. The number of unbranched alkanes of at least 4 members (excludes halogenated alkanes) is 1. The Labute approximate surface area is 251 Å². The first-order chi connectivity index (χ1) is 20.9. The molecule has 0 spiro atoms. The van der Waals surface area contributed by atoms with Gasteiger partial charge in [0.2, 0.25) is 0 Å². The molecule has 0 heterocycles. The molecule has 9 nitrogen and oxygen atoms in total. The molecule has 4 rings (SSSR count). The van der Waals surface area contributed by atoms with Crippen LogP contribution in [0.15, 0.2) is 97.1 Å². The van der Waals surface area contributed by atoms with Crippen LogP contribution >= 0.6 is 0 Å². The summed E-state index contributed by atoms with van der Waals surface area (Å²) in [6.07, 6.45) is 2.98. The van der Waals surface area contributed by atoms with Crippen LogP contribution in [0.1, 0.15) is 42.5 Å². The number of nitrogens with one attached hydrogen (secondary N) is 1. The Morgan fingerprint density at radius 1 is 0.930 bits per heavy atom. The second-order valence-corrected chi connectivity index (χ2v) is 10.3. The van der Waals surface area contributed by atoms with E-state index in [9.17, 15) is 24.6 Å². The highest BCUT2D eigenvalue weighted by molar-refractivity contribution is 6.04. The number of ether oxygens (including phenoxy) is 3. The van der Waals surface area contributed by atoms with Gasteiger partial charge in [-0.2, -0.15) is 0 Å². The molecule has 0 aromatic heterocycles. The summed E-state index contributed by atoms with van der Waals surface area (Å²) in [7, 11) is 0. The van der Waals surface area contributed by atoms with Crippen molar-refractivity contribution in [1.82, 2.24) is 0 Å². The SMILES string of the molecule is O=C(CCC/C=C\C[C@H]1C(=O)C[C@@H](O)[C@@H]1OCC(O)COc1ccccc1)Oc1cccc(NC(=O)c2ccccc2)c1. The van der Waals surface area contributed by atoms with E-state index in [1.807, 2.05) is 36.4 Å². The highest BCUT2D eigenvalue weighted by Gasteiger charge is 2.41. The zero-order chi connectivity index (χ0) is 30.4. The maximum atomic E-state index is 12.4. The smallest absolute Gasteiger partial charge is 0.311 e. The van der Waals surface area contributed by atoms with Gasteiger partial charge in [0.1, 0.15) is 30.0 Å². The fraction of sp³-hybridized carbons (Fsp3) is 0.324. The van der Waals surface area contributed by atoms with Gasteiger partial charge in [-0.1, -0.05) is 54.6 Å². The Morgan fingerprint density at radius 2 is 1.65 bits per heavy atom. The molecule has 0 saturated heterocycles. The Kier molecular flexibility index (Phi) is 12.0. The molecule has 0 bridgehead atoms. The van der Waals surface area contributed by atoms with Crippen LogP contribution in [-0.2, 0) is 14.3 Å². The summed E-state index contributed by atoms with van der Waals surface area (Å²) in [6.45, 7) is -0.0312. The molecule has 3 aromatic carbocycles. The molecular weight excluding hydrogens is 550 g/mol. The number of anilines is 1. The molecule has 3 N–H and O–H groups in total. The van der Waals surface area contributed by atoms with Crippen LogP contribution in [0.5, 0.6) is 11.5 Å². The van der Waals surface area contributed by atoms with Crippen molar-refractivity contribution in [3.05, 3.63) is 103 Å². The molecule has 1 aliphatic rings. The van der Waals surface area contributed by atoms with Crippen molar-refractivity contribution in [3.63, 3.8) is 0 Å². The number of amides is 1. The first-order valence-electron chi connectivity index (χ1n) is 14.4. The van der Waals surface area contributed by atoms with E-state index in [1.54, 1.807) is 60.7 Å². The fourth-order valence-corrected chi connectivity index (χ4v) is 4.73. The first kappa shape index (κ1) is 31.6. The Bertz CT molecular complexity index is 1360. The van der Waals surface area contributed by atoms with Gasteiger partial charge in [-0.3, -0.25) is 14.4 Å². The van der Waals surface area contributed by atoms with Crippen LogP contribution < -0.4 is 14.8 Å². The molecule has 1 aliphatic carbocycles. The zero-order valence-corrected chi connectivity index (χ0v) is 23.8. The molecule has 1 saturated carbocycles. The monoisotopic (exact) mass is 587 g/mol. The van der Waals surface area contributed by atoms with Crippen LogP contribution in [0.25, 0.3) is 0 Å². The Balaban J connectivity index is 1.15. The Morgan fingerprint density at radius 3 is 2.42 bits per heavy atom. The maximum Gasteiger partial charge on any atom is 0.311 e. The molecule has 4 atom stereocenters. The van der Waals surface area contributed by atoms with E-state index in [-0.39, 0.29) is 37.7 Å². The van der Waals surface area contributed by atoms with Crippen LogP contribution in [0, 0.1) is 5.92 Å². The number of ketones is 1. The number of benzene rings is 3. The van der Waals surface area contributed by atoms with E-state index in [0.717, 1.165) is 0 Å². The van der Waals surface area contributed by atoms with Gasteiger partial charge in [0.15, 0.2) is 0 Å². The quantitative estimate of drug-likeness (QED) is 0.101. The first-order valence-corrected chi connectivity index (χ1v) is 14.4. The maximum absolute atomic E-state index is 12.4. The highest BCUT2D eigenvalue weighted by atomic mass is 16.5. The summed E-state index contributed by atoms with van der Waals surface area (Å²) >= 11 is 0. The number of para-hydroxylation sites is 1. The largest absolute Gasteiger partial charge is 0.491 e. The summed E-state index contributed by atoms with van der Waals surface area (Å²) in [5, 5.41) is 23.3. The number of hydrogen-bond donors (Lipinski definition) is 3. The predicted molar refractivity (Wildman–Crippen MR) is 161 cm³/mol. The number of carbonyl (C=O) groups is 3. The highest BCUT2D eigenvalue weighted by Crippen LogP contribution is 2.29. The summed E-state index contributed by atoms with van der Waals surface area (Å²) in [5.41, 5.74) is 1.05. The lowest BCUT2D eigenvalue weighted by Gasteiger charge is -2.22. The van der Waals surface area contributed by atoms with Crippen LogP contribution in [0.4, 0.5) is 5.69 Å². The molecule has 0 radical (unpaired) electrons. The van der Waals surface area contributed by atoms with Crippen LogP contribution in [0.2, 0.25) is 0 Å². The van der Waals surface area contributed by atoms with E-state index >= 15 is 0 Å². The van der Waals surface area contributed by atoms with E-state index in [4.69, 9.17) is 14.2 Å². The average molecular weight is 588 g/mol. The third-order valence-electron chi connectivity index (χ3n) is 6.93. The fourth-order valence-electron chi connectivity index (χ4n) is 4.73. The second-order valence-electron chi connectivity index (χ2n) is 10.3. The molecule has 43 heavy (non-hydrogen) atoms. The summed E-state index contributed by atoms with van der Waals surface area (Å²) in [6, 6.07) is 24.6. The second kappa shape index (κ2) is 16.4. The molecule has 1 unspecified atom stereocenters. The molecule has 1 fully saturated rings. The van der Waals surface area contributed by atoms with Gasteiger partial charge in [0, 0.05) is 36.1 Å². The molecular formula is C34H37NO8. The summed E-state index contributed by atoms with van der Waals surface area (Å²) in [4.78, 5) is 37.1. The Hall–Kier alpha value is -4.31. The lowest BCUT2D eigenvalue weighted by atomic mass is 9.99. The van der Waals surface area contributed by atoms with Gasteiger partial charge >= 0.3 is 5.97 Å². The molecule has 226 valence electrons. The van der Waals surface area contributed by atoms with Crippen LogP contribution in [-0.4, -0.2) is 59.4 Å². The topological polar surface area (TPSA) is 131 Å². The number of allylic oxidation sites excluding steroid dienone is 2. The number of carbonyl (C=O) groups excluding carboxylic acids is 3. The van der Waals surface area contributed by atoms with Crippen molar-refractivity contribution in [2.45, 2.75) is 50.4 Å². The van der Waals surface area contributed by atoms with Gasteiger partial charge in [-0.25, -0.2) is 0 Å². The van der Waals surface area contributed by atoms with Gasteiger partial charge < -0.3 is 29.7 Å². The molecule has 9 heteroatoms. The molecule has 0 aliphatic heterocycles. The third-order valence-corrected chi connectivity index (χ3v) is 6.93. The zero-order valence-electron chi connectivity index (χ0n) is 23.8. The average Bonchev–Trinajstić information content (AvgIpc) is 3.29. The number of hydrogen-bond acceptors (Lipinski definition) is 8. The van der Waals surface area contributed by atoms with E-state index in [0.29, 0.717) is 42.0 Å². The van der Waals surface area contributed by atoms with Gasteiger partial charge in [-0.05, 0) is 55.7 Å². The van der Waals surface area contributed by atoms with Crippen molar-refractivity contribution < 1.29 is 38.8 Å². The lowest BCUT2D eigenvalue weighted by Crippen LogP contribution is -2.34. The number of aliphatic hydroxyl groups excluding tert-OH is 2. The minimum Gasteiger partial charge on any atom is -0.491 e. The van der Waals surface area contributed by atoms with Crippen molar-refractivity contribution >= 4 is 23.3 Å². The molecule has 3 aromatic rings. The minimum absolute atomic E-state index is 0.0166. The standard InChI is InChI=1S/C34H37NO8/c36-26(22-41-27-15-7-4-8-16-27)23-42-33-29(30(37)21-31(33)38)18-9-1-2-10-19-32(39)43-28-17-11-14-25(20-28)35-34(40)24-12-5-3-6-13-24/h1,3-9,11-17,20,26,29,31,33,36,38H,2,10,18-19,21-23H2,(H,35,40)/b9-1-/t26?,29-,31+,33+/m0/s1. The van der Waals surface area contributed by atoms with Gasteiger partial charge in [0.25, 0.3) is 5.91 Å². The number of aliphatic hydroxyl groups is 2. The van der Waals surface area contributed by atoms with Crippen molar-refractivity contribution in [2.24, 2.45) is 5.92 Å². The van der Waals surface area contributed by atoms with E-state index in [2.05, 4.69) is 5.32 Å². The minimum atomic E-state index is -0.923. The predicted octanol–water partition coefficient (Wildman–Crippen LogP) is 4.74. The number of rotatable bonds is 15. The number of esters is 1. The summed E-state index contributed by atoms with van der Waals surface area (Å²) in [5.74, 6) is -0.262. The van der Waals surface area contributed by atoms with Crippen molar-refractivity contribution in [1.29, 1.82) is 0 Å². The van der Waals surface area contributed by atoms with Gasteiger partial charge in [0.05, 0.1) is 18.8 Å². The van der Waals surface area contributed by atoms with Crippen molar-refractivity contribution in [3.8, 4) is 11.5 Å². The lowest BCUT2D eigenvalue weighted by molar-refractivity contribution is -0.134. The van der Waals surface area contributed by atoms with E-state index in [1.165, 1.54) is 0 Å².